The molecule has 1 fully saturated rings. The second-order valence-electron chi connectivity index (χ2n) is 10.2. The summed E-state index contributed by atoms with van der Waals surface area (Å²) < 4.78 is 7.71. The van der Waals surface area contributed by atoms with E-state index in [1.54, 1.807) is 19.5 Å². The molecule has 0 bridgehead atoms. The third-order valence-corrected chi connectivity index (χ3v) is 7.07. The van der Waals surface area contributed by atoms with Gasteiger partial charge >= 0.3 is 0 Å². The number of anilines is 2. The van der Waals surface area contributed by atoms with Crippen LogP contribution in [0.2, 0.25) is 5.02 Å². The first-order valence-electron chi connectivity index (χ1n) is 12.5. The van der Waals surface area contributed by atoms with Gasteiger partial charge in [-0.25, -0.2) is 4.98 Å². The lowest BCUT2D eigenvalue weighted by Crippen LogP contribution is -2.30. The molecule has 2 unspecified atom stereocenters. The zero-order valence-electron chi connectivity index (χ0n) is 22.1. The molecule has 1 aliphatic rings. The minimum absolute atomic E-state index is 0.103. The number of methoxy groups -OCH3 is 1. The van der Waals surface area contributed by atoms with Crippen LogP contribution in [0.3, 0.4) is 0 Å². The van der Waals surface area contributed by atoms with Crippen molar-refractivity contribution in [2.75, 3.05) is 17.3 Å². The Hall–Kier alpha value is -3.95. The number of rotatable bonds is 6. The average Bonchev–Trinajstić information content (AvgIpc) is 3.53. The van der Waals surface area contributed by atoms with Gasteiger partial charge in [0.2, 0.25) is 5.91 Å². The number of hydrogen-bond acceptors (Lipinski definition) is 5. The van der Waals surface area contributed by atoms with Crippen LogP contribution in [0.15, 0.2) is 79.3 Å². The van der Waals surface area contributed by atoms with E-state index in [-0.39, 0.29) is 18.0 Å². The number of aromatic nitrogens is 3. The summed E-state index contributed by atoms with van der Waals surface area (Å²) in [6, 6.07) is 18.7. The minimum atomic E-state index is -0.549. The molecule has 200 valence electrons. The van der Waals surface area contributed by atoms with Crippen molar-refractivity contribution in [2.24, 2.45) is 5.41 Å². The van der Waals surface area contributed by atoms with Crippen molar-refractivity contribution >= 4 is 46.2 Å². The molecular weight excluding hydrogens is 532 g/mol. The monoisotopic (exact) mass is 560 g/mol. The van der Waals surface area contributed by atoms with Crippen LogP contribution in [0.4, 0.5) is 11.4 Å². The highest BCUT2D eigenvalue weighted by atomic mass is 35.5. The molecule has 0 aliphatic carbocycles. The highest BCUT2D eigenvalue weighted by Gasteiger charge is 2.42. The quantitative estimate of drug-likeness (QED) is 0.276. The number of amides is 1. The largest absolute Gasteiger partial charge is 0.494 e. The molecule has 2 atom stereocenters. The standard InChI is InChI=1S/C29H29ClN6O2S/c1-29(2,3)27(37)33-20-12-11-19(16-23(20)38-4)36-26(25(34-28(36)39)21-8-5-6-14-31-21)22-9-7-15-35(22)24-13-10-18(30)17-32-24/h5-17,25-26H,1-4H3,(H,33,37)(H,34,39). The Morgan fingerprint density at radius 3 is 2.59 bits per heavy atom. The lowest BCUT2D eigenvalue weighted by molar-refractivity contribution is -0.123. The van der Waals surface area contributed by atoms with Crippen LogP contribution in [-0.4, -0.2) is 32.7 Å². The van der Waals surface area contributed by atoms with E-state index in [1.165, 1.54) is 0 Å². The highest BCUT2D eigenvalue weighted by Crippen LogP contribution is 2.44. The Morgan fingerprint density at radius 1 is 1.10 bits per heavy atom. The summed E-state index contributed by atoms with van der Waals surface area (Å²) in [5.41, 5.74) is 2.65. The molecule has 5 rings (SSSR count). The molecule has 2 N–H and O–H groups in total. The van der Waals surface area contributed by atoms with Gasteiger partial charge in [-0.15, -0.1) is 0 Å². The number of thiocarbonyl (C=S) groups is 1. The van der Waals surface area contributed by atoms with Crippen molar-refractivity contribution in [1.29, 1.82) is 0 Å². The van der Waals surface area contributed by atoms with Gasteiger partial charge in [0.1, 0.15) is 17.6 Å². The predicted molar refractivity (Wildman–Crippen MR) is 158 cm³/mol. The molecule has 1 aromatic carbocycles. The summed E-state index contributed by atoms with van der Waals surface area (Å²) >= 11 is 12.0. The normalized spacial score (nSPS) is 17.2. The van der Waals surface area contributed by atoms with Gasteiger partial charge in [-0.1, -0.05) is 38.4 Å². The molecule has 3 aromatic heterocycles. The van der Waals surface area contributed by atoms with Crippen molar-refractivity contribution in [2.45, 2.75) is 32.9 Å². The number of halogens is 1. The Balaban J connectivity index is 1.60. The van der Waals surface area contributed by atoms with E-state index in [4.69, 9.17) is 28.6 Å². The topological polar surface area (TPSA) is 84.3 Å². The molecule has 4 aromatic rings. The smallest absolute Gasteiger partial charge is 0.229 e. The van der Waals surface area contributed by atoms with Crippen molar-refractivity contribution in [3.05, 3.63) is 95.7 Å². The summed E-state index contributed by atoms with van der Waals surface area (Å²) in [5.74, 6) is 1.16. The molecule has 1 amide bonds. The van der Waals surface area contributed by atoms with E-state index < -0.39 is 5.41 Å². The number of pyridine rings is 2. The van der Waals surface area contributed by atoms with Gasteiger partial charge in [-0.05, 0) is 60.7 Å². The fraction of sp³-hybridized carbons (Fsp3) is 0.241. The van der Waals surface area contributed by atoms with Crippen LogP contribution in [0.25, 0.3) is 5.82 Å². The number of carbonyl (C=O) groups is 1. The summed E-state index contributed by atoms with van der Waals surface area (Å²) in [7, 11) is 1.58. The zero-order valence-corrected chi connectivity index (χ0v) is 23.6. The number of benzene rings is 1. The van der Waals surface area contributed by atoms with Gasteiger partial charge in [-0.2, -0.15) is 0 Å². The second-order valence-corrected chi connectivity index (χ2v) is 11.0. The van der Waals surface area contributed by atoms with Crippen LogP contribution in [-0.2, 0) is 4.79 Å². The van der Waals surface area contributed by atoms with E-state index in [0.717, 1.165) is 22.9 Å². The molecule has 10 heteroatoms. The first-order valence-corrected chi connectivity index (χ1v) is 13.3. The average molecular weight is 561 g/mol. The van der Waals surface area contributed by atoms with Gasteiger partial charge in [-0.3, -0.25) is 9.78 Å². The molecular formula is C29H29ClN6O2S. The van der Waals surface area contributed by atoms with E-state index in [0.29, 0.717) is 21.6 Å². The van der Waals surface area contributed by atoms with Crippen molar-refractivity contribution < 1.29 is 9.53 Å². The Morgan fingerprint density at radius 2 is 1.92 bits per heavy atom. The summed E-state index contributed by atoms with van der Waals surface area (Å²) in [6.45, 7) is 5.60. The maximum Gasteiger partial charge on any atom is 0.229 e. The minimum Gasteiger partial charge on any atom is -0.494 e. The first-order chi connectivity index (χ1) is 18.7. The lowest BCUT2D eigenvalue weighted by Gasteiger charge is -2.29. The van der Waals surface area contributed by atoms with E-state index >= 15 is 0 Å². The second kappa shape index (κ2) is 10.7. The Labute approximate surface area is 238 Å². The predicted octanol–water partition coefficient (Wildman–Crippen LogP) is 6.09. The molecule has 8 nitrogen and oxygen atoms in total. The van der Waals surface area contributed by atoms with Gasteiger partial charge in [0.25, 0.3) is 0 Å². The first kappa shape index (κ1) is 26.6. The molecule has 0 radical (unpaired) electrons. The van der Waals surface area contributed by atoms with Crippen LogP contribution in [0, 0.1) is 5.41 Å². The Bertz CT molecular complexity index is 1500. The van der Waals surface area contributed by atoms with Gasteiger partial charge in [0, 0.05) is 41.5 Å². The van der Waals surface area contributed by atoms with Crippen molar-refractivity contribution in [3.8, 4) is 11.6 Å². The fourth-order valence-electron chi connectivity index (χ4n) is 4.53. The summed E-state index contributed by atoms with van der Waals surface area (Å²) in [6.07, 6.45) is 5.36. The lowest BCUT2D eigenvalue weighted by atomic mass is 9.95. The third-order valence-electron chi connectivity index (χ3n) is 6.53. The van der Waals surface area contributed by atoms with Gasteiger partial charge in [0.15, 0.2) is 5.11 Å². The van der Waals surface area contributed by atoms with E-state index in [2.05, 4.69) is 26.7 Å². The van der Waals surface area contributed by atoms with Gasteiger partial charge in [0.05, 0.1) is 29.6 Å². The number of nitrogens with one attached hydrogen (secondary N) is 2. The molecule has 0 saturated carbocycles. The molecule has 39 heavy (non-hydrogen) atoms. The number of carbonyl (C=O) groups excluding carboxylic acids is 1. The van der Waals surface area contributed by atoms with Crippen molar-refractivity contribution in [1.82, 2.24) is 19.9 Å². The zero-order chi connectivity index (χ0) is 27.7. The van der Waals surface area contributed by atoms with Gasteiger partial charge < -0.3 is 24.8 Å². The number of nitrogens with zero attached hydrogens (tertiary/aromatic N) is 4. The molecule has 4 heterocycles. The van der Waals surface area contributed by atoms with Crippen molar-refractivity contribution in [3.63, 3.8) is 0 Å². The van der Waals surface area contributed by atoms with E-state index in [9.17, 15) is 4.79 Å². The van der Waals surface area contributed by atoms with Crippen LogP contribution < -0.4 is 20.3 Å². The summed E-state index contributed by atoms with van der Waals surface area (Å²) in [5, 5.41) is 7.56. The number of ether oxygens (including phenoxy) is 1. The molecule has 1 aliphatic heterocycles. The van der Waals surface area contributed by atoms with Crippen LogP contribution >= 0.6 is 23.8 Å². The molecule has 1 saturated heterocycles. The highest BCUT2D eigenvalue weighted by molar-refractivity contribution is 7.80. The van der Waals surface area contributed by atoms with E-state index in [1.807, 2.05) is 91.0 Å². The summed E-state index contributed by atoms with van der Waals surface area (Å²) in [4.78, 5) is 23.9. The maximum absolute atomic E-state index is 12.7. The Kier molecular flexibility index (Phi) is 7.29. The van der Waals surface area contributed by atoms with Crippen LogP contribution in [0.1, 0.15) is 44.2 Å². The van der Waals surface area contributed by atoms with Crippen LogP contribution in [0.5, 0.6) is 5.75 Å². The maximum atomic E-state index is 12.7. The SMILES string of the molecule is COc1cc(N2C(=S)NC(c3ccccn3)C2c2cccn2-c2ccc(Cl)cn2)ccc1NC(=O)C(C)(C)C. The molecule has 0 spiro atoms. The third kappa shape index (κ3) is 5.32. The number of hydrogen-bond donors (Lipinski definition) is 2. The fourth-order valence-corrected chi connectivity index (χ4v) is 4.99.